The second-order valence-electron chi connectivity index (χ2n) is 3.73. The molecule has 2 aliphatic rings. The molecule has 2 heteroatoms. The van der Waals surface area contributed by atoms with Gasteiger partial charge in [0.25, 0.3) is 0 Å². The van der Waals surface area contributed by atoms with Gasteiger partial charge >= 0.3 is 0 Å². The van der Waals surface area contributed by atoms with E-state index in [1.807, 2.05) is 0 Å². The highest BCUT2D eigenvalue weighted by atomic mass is 15.3. The quantitative estimate of drug-likeness (QED) is 0.551. The Kier molecular flexibility index (Phi) is 2.14. The molecule has 0 aromatic rings. The first kappa shape index (κ1) is 7.56. The van der Waals surface area contributed by atoms with Crippen LogP contribution in [0.5, 0.6) is 0 Å². The van der Waals surface area contributed by atoms with Gasteiger partial charge in [-0.05, 0) is 25.9 Å². The Morgan fingerprint density at radius 3 is 3.00 bits per heavy atom. The van der Waals surface area contributed by atoms with Crippen LogP contribution in [0.3, 0.4) is 0 Å². The third-order valence-electron chi connectivity index (χ3n) is 3.11. The van der Waals surface area contributed by atoms with Crippen molar-refractivity contribution in [3.05, 3.63) is 0 Å². The van der Waals surface area contributed by atoms with Crippen LogP contribution in [0.2, 0.25) is 0 Å². The number of fused-ring (bicyclic) bond motifs is 2. The largest absolute Gasteiger partial charge is 0.301 e. The molecule has 2 atom stereocenters. The molecule has 0 aromatic carbocycles. The molecule has 2 bridgehead atoms. The van der Waals surface area contributed by atoms with Crippen LogP contribution in [0.1, 0.15) is 19.8 Å². The fourth-order valence-corrected chi connectivity index (χ4v) is 2.40. The van der Waals surface area contributed by atoms with Crippen LogP contribution >= 0.6 is 0 Å². The molecule has 0 amide bonds. The van der Waals surface area contributed by atoms with Crippen molar-refractivity contribution < 1.29 is 0 Å². The number of hydrogen-bond acceptors (Lipinski definition) is 2. The molecule has 64 valence electrons. The number of piperazine rings is 1. The van der Waals surface area contributed by atoms with Gasteiger partial charge in [0.15, 0.2) is 0 Å². The van der Waals surface area contributed by atoms with Crippen LogP contribution in [0.4, 0.5) is 0 Å². The number of hydrogen-bond donors (Lipinski definition) is 0. The Morgan fingerprint density at radius 2 is 2.18 bits per heavy atom. The first-order valence-electron chi connectivity index (χ1n) is 4.86. The summed E-state index contributed by atoms with van der Waals surface area (Å²) < 4.78 is 0. The first-order valence-corrected chi connectivity index (χ1v) is 4.86. The van der Waals surface area contributed by atoms with E-state index < -0.39 is 0 Å². The second-order valence-corrected chi connectivity index (χ2v) is 3.73. The van der Waals surface area contributed by atoms with E-state index in [1.165, 1.54) is 45.6 Å². The van der Waals surface area contributed by atoms with Crippen molar-refractivity contribution in [2.45, 2.75) is 25.8 Å². The molecule has 2 nitrogen and oxygen atoms in total. The summed E-state index contributed by atoms with van der Waals surface area (Å²) in [6.07, 6.45) is 2.85. The molecule has 0 aromatic heterocycles. The summed E-state index contributed by atoms with van der Waals surface area (Å²) in [5.74, 6) is 0. The normalized spacial score (nSPS) is 39.0. The van der Waals surface area contributed by atoms with Gasteiger partial charge in [-0.15, -0.1) is 0 Å². The monoisotopic (exact) mass is 154 g/mol. The Hall–Kier alpha value is -0.0800. The summed E-state index contributed by atoms with van der Waals surface area (Å²) in [6.45, 7) is 8.84. The van der Waals surface area contributed by atoms with Crippen LogP contribution in [0.15, 0.2) is 0 Å². The highest BCUT2D eigenvalue weighted by molar-refractivity contribution is 4.85. The maximum Gasteiger partial charge on any atom is 0.0224 e. The summed E-state index contributed by atoms with van der Waals surface area (Å²) in [7, 11) is 0. The average molecular weight is 154 g/mol. The summed E-state index contributed by atoms with van der Waals surface area (Å²) in [4.78, 5) is 5.25. The number of rotatable bonds is 1. The molecule has 2 unspecified atom stereocenters. The van der Waals surface area contributed by atoms with Gasteiger partial charge in [-0.2, -0.15) is 0 Å². The molecule has 0 aliphatic carbocycles. The fraction of sp³-hybridized carbons (Fsp3) is 1.00. The van der Waals surface area contributed by atoms with E-state index in [4.69, 9.17) is 0 Å². The van der Waals surface area contributed by atoms with E-state index in [0.717, 1.165) is 6.04 Å². The van der Waals surface area contributed by atoms with E-state index >= 15 is 0 Å². The zero-order chi connectivity index (χ0) is 7.68. The SMILES string of the molecule is CCN1CCN2CCCC1C2. The van der Waals surface area contributed by atoms with Crippen LogP contribution in [0.25, 0.3) is 0 Å². The fourth-order valence-electron chi connectivity index (χ4n) is 2.40. The molecular formula is C9H18N2. The molecule has 11 heavy (non-hydrogen) atoms. The number of piperidine rings is 1. The van der Waals surface area contributed by atoms with E-state index in [1.54, 1.807) is 0 Å². The van der Waals surface area contributed by atoms with Crippen molar-refractivity contribution in [3.8, 4) is 0 Å². The van der Waals surface area contributed by atoms with Gasteiger partial charge in [0, 0.05) is 25.7 Å². The first-order chi connectivity index (χ1) is 5.40. The predicted octanol–water partition coefficient (Wildman–Crippen LogP) is 0.786. The van der Waals surface area contributed by atoms with E-state index in [-0.39, 0.29) is 0 Å². The van der Waals surface area contributed by atoms with Crippen molar-refractivity contribution in [1.82, 2.24) is 9.80 Å². The van der Waals surface area contributed by atoms with Gasteiger partial charge in [0.1, 0.15) is 0 Å². The van der Waals surface area contributed by atoms with Crippen LogP contribution in [-0.4, -0.2) is 48.6 Å². The zero-order valence-electron chi connectivity index (χ0n) is 7.42. The standard InChI is InChI=1S/C9H18N2/c1-2-11-7-6-10-5-3-4-9(11)8-10/h9H,2-8H2,1H3. The average Bonchev–Trinajstić information content (AvgIpc) is 2.06. The Bertz CT molecular complexity index is 136. The van der Waals surface area contributed by atoms with Gasteiger partial charge in [0.2, 0.25) is 0 Å². The highest BCUT2D eigenvalue weighted by Gasteiger charge is 2.28. The summed E-state index contributed by atoms with van der Waals surface area (Å²) in [5.41, 5.74) is 0. The van der Waals surface area contributed by atoms with Gasteiger partial charge in [-0.1, -0.05) is 6.92 Å². The molecule has 2 heterocycles. The van der Waals surface area contributed by atoms with Crippen LogP contribution in [0, 0.1) is 0 Å². The molecule has 2 fully saturated rings. The lowest BCUT2D eigenvalue weighted by atomic mass is 10.0. The number of likely N-dealkylation sites (N-methyl/N-ethyl adjacent to an activating group) is 1. The maximum absolute atomic E-state index is 2.63. The van der Waals surface area contributed by atoms with E-state index in [2.05, 4.69) is 16.7 Å². The Morgan fingerprint density at radius 1 is 1.27 bits per heavy atom. The Labute approximate surface area is 69.2 Å². The maximum atomic E-state index is 2.63. The van der Waals surface area contributed by atoms with E-state index in [0.29, 0.717) is 0 Å². The van der Waals surface area contributed by atoms with Gasteiger partial charge in [0.05, 0.1) is 0 Å². The molecule has 2 aliphatic heterocycles. The summed E-state index contributed by atoms with van der Waals surface area (Å²) in [6, 6.07) is 0.891. The Balaban J connectivity index is 1.97. The lowest BCUT2D eigenvalue weighted by molar-refractivity contribution is 0.0435. The lowest BCUT2D eigenvalue weighted by Crippen LogP contribution is -2.55. The van der Waals surface area contributed by atoms with Crippen molar-refractivity contribution in [2.75, 3.05) is 32.7 Å². The molecular weight excluding hydrogens is 136 g/mol. The molecule has 0 N–H and O–H groups in total. The summed E-state index contributed by atoms with van der Waals surface area (Å²) >= 11 is 0. The topological polar surface area (TPSA) is 6.48 Å². The minimum Gasteiger partial charge on any atom is -0.301 e. The van der Waals surface area contributed by atoms with Gasteiger partial charge in [-0.3, -0.25) is 4.90 Å². The molecule has 0 spiro atoms. The summed E-state index contributed by atoms with van der Waals surface area (Å²) in [5, 5.41) is 0. The van der Waals surface area contributed by atoms with Gasteiger partial charge < -0.3 is 4.90 Å². The molecule has 2 rings (SSSR count). The van der Waals surface area contributed by atoms with E-state index in [9.17, 15) is 0 Å². The lowest BCUT2D eigenvalue weighted by Gasteiger charge is -2.44. The molecule has 0 radical (unpaired) electrons. The van der Waals surface area contributed by atoms with Crippen molar-refractivity contribution in [2.24, 2.45) is 0 Å². The van der Waals surface area contributed by atoms with Crippen molar-refractivity contribution in [1.29, 1.82) is 0 Å². The minimum absolute atomic E-state index is 0.891. The van der Waals surface area contributed by atoms with Crippen molar-refractivity contribution >= 4 is 0 Å². The molecule has 0 saturated carbocycles. The molecule has 2 saturated heterocycles. The van der Waals surface area contributed by atoms with Crippen LogP contribution < -0.4 is 0 Å². The third kappa shape index (κ3) is 1.42. The third-order valence-corrected chi connectivity index (χ3v) is 3.11. The van der Waals surface area contributed by atoms with Gasteiger partial charge in [-0.25, -0.2) is 0 Å². The number of nitrogens with zero attached hydrogens (tertiary/aromatic N) is 2. The highest BCUT2D eigenvalue weighted by Crippen LogP contribution is 2.19. The van der Waals surface area contributed by atoms with Crippen LogP contribution in [-0.2, 0) is 0 Å². The van der Waals surface area contributed by atoms with Crippen molar-refractivity contribution in [3.63, 3.8) is 0 Å². The zero-order valence-corrected chi connectivity index (χ0v) is 7.42. The smallest absolute Gasteiger partial charge is 0.0224 e. The minimum atomic E-state index is 0.891. The predicted molar refractivity (Wildman–Crippen MR) is 46.7 cm³/mol. The second kappa shape index (κ2) is 3.11.